The number of anilines is 1. The van der Waals surface area contributed by atoms with Crippen molar-refractivity contribution in [3.8, 4) is 23.0 Å². The number of nitrogens with one attached hydrogen (secondary N) is 1. The average Bonchev–Trinajstić information content (AvgIpc) is 3.24. The first kappa shape index (κ1) is 18.7. The Morgan fingerprint density at radius 2 is 1.97 bits per heavy atom. The number of piperidine rings is 1. The van der Waals surface area contributed by atoms with E-state index in [-0.39, 0.29) is 18.1 Å². The molecular weight excluding hydrogens is 384 g/mol. The molecule has 3 aromatic rings. The molecule has 154 valence electrons. The lowest BCUT2D eigenvalue weighted by molar-refractivity contribution is -0.121. The van der Waals surface area contributed by atoms with Crippen LogP contribution in [0, 0.1) is 5.41 Å². The molecule has 2 aliphatic heterocycles. The summed E-state index contributed by atoms with van der Waals surface area (Å²) < 4.78 is 4.85. The van der Waals surface area contributed by atoms with Crippen molar-refractivity contribution in [2.45, 2.75) is 19.3 Å². The highest BCUT2D eigenvalue weighted by molar-refractivity contribution is 5.97. The maximum absolute atomic E-state index is 10.8. The first-order valence-electron chi connectivity index (χ1n) is 10.1. The van der Waals surface area contributed by atoms with Gasteiger partial charge in [-0.1, -0.05) is 0 Å². The van der Waals surface area contributed by atoms with Crippen LogP contribution in [0.5, 0.6) is 11.6 Å². The molecule has 0 unspecified atom stereocenters. The highest BCUT2D eigenvalue weighted by atomic mass is 16.5. The summed E-state index contributed by atoms with van der Waals surface area (Å²) in [6.45, 7) is 4.03. The SMILES string of the molecule is O=COc1ncc2nc(-c3ccncc3)nc(N3CCC4(CCNC4)CC3)c2c1O. The van der Waals surface area contributed by atoms with Gasteiger partial charge in [-0.25, -0.2) is 15.0 Å². The van der Waals surface area contributed by atoms with Gasteiger partial charge in [-0.15, -0.1) is 0 Å². The molecule has 30 heavy (non-hydrogen) atoms. The summed E-state index contributed by atoms with van der Waals surface area (Å²) in [4.78, 5) is 30.5. The summed E-state index contributed by atoms with van der Waals surface area (Å²) in [5.41, 5.74) is 1.67. The largest absolute Gasteiger partial charge is 0.503 e. The Labute approximate surface area is 173 Å². The van der Waals surface area contributed by atoms with E-state index in [2.05, 4.69) is 25.2 Å². The number of aromatic hydroxyl groups is 1. The van der Waals surface area contributed by atoms with E-state index in [1.165, 1.54) is 12.6 Å². The van der Waals surface area contributed by atoms with Crippen LogP contribution in [0.1, 0.15) is 19.3 Å². The summed E-state index contributed by atoms with van der Waals surface area (Å²) in [5, 5.41) is 14.7. The fraction of sp³-hybridized carbons (Fsp3) is 0.381. The quantitative estimate of drug-likeness (QED) is 0.627. The van der Waals surface area contributed by atoms with E-state index in [9.17, 15) is 9.90 Å². The van der Waals surface area contributed by atoms with E-state index in [1.807, 2.05) is 12.1 Å². The third-order valence-electron chi connectivity index (χ3n) is 6.22. The molecule has 0 atom stereocenters. The van der Waals surface area contributed by atoms with Crippen LogP contribution in [0.4, 0.5) is 5.82 Å². The normalized spacial score (nSPS) is 18.1. The molecule has 2 aliphatic rings. The number of hydrogen-bond donors (Lipinski definition) is 2. The number of hydrogen-bond acceptors (Lipinski definition) is 9. The number of ether oxygens (including phenoxy) is 1. The summed E-state index contributed by atoms with van der Waals surface area (Å²) >= 11 is 0. The van der Waals surface area contributed by atoms with Gasteiger partial charge >= 0.3 is 0 Å². The Hall–Kier alpha value is -3.33. The van der Waals surface area contributed by atoms with Crippen molar-refractivity contribution in [3.05, 3.63) is 30.7 Å². The third-order valence-corrected chi connectivity index (χ3v) is 6.22. The first-order valence-corrected chi connectivity index (χ1v) is 10.1. The van der Waals surface area contributed by atoms with Crippen LogP contribution in [0.2, 0.25) is 0 Å². The van der Waals surface area contributed by atoms with Crippen molar-refractivity contribution in [1.29, 1.82) is 0 Å². The Morgan fingerprint density at radius 3 is 2.67 bits per heavy atom. The standard InChI is InChI=1S/C21H22N6O3/c28-13-30-20-17(29)16-15(11-24-20)25-18(14-1-6-22-7-2-14)26-19(16)27-9-4-21(5-10-27)3-8-23-12-21/h1-2,6-7,11,13,23,29H,3-5,8-10,12H2. The lowest BCUT2D eigenvalue weighted by atomic mass is 9.78. The van der Waals surface area contributed by atoms with Gasteiger partial charge in [0.15, 0.2) is 11.6 Å². The predicted octanol–water partition coefficient (Wildman–Crippen LogP) is 1.91. The lowest BCUT2D eigenvalue weighted by Gasteiger charge is -2.39. The first-order chi connectivity index (χ1) is 14.7. The smallest absolute Gasteiger partial charge is 0.299 e. The molecule has 2 fully saturated rings. The van der Waals surface area contributed by atoms with Crippen molar-refractivity contribution >= 4 is 23.2 Å². The van der Waals surface area contributed by atoms with Gasteiger partial charge in [0.05, 0.1) is 17.1 Å². The van der Waals surface area contributed by atoms with Crippen LogP contribution < -0.4 is 15.0 Å². The second kappa shape index (κ2) is 7.49. The van der Waals surface area contributed by atoms with Crippen molar-refractivity contribution in [2.75, 3.05) is 31.1 Å². The molecule has 9 nitrogen and oxygen atoms in total. The Bertz CT molecular complexity index is 1080. The zero-order chi connectivity index (χ0) is 20.6. The fourth-order valence-corrected chi connectivity index (χ4v) is 4.48. The summed E-state index contributed by atoms with van der Waals surface area (Å²) in [5.74, 6) is 0.794. The molecule has 0 aromatic carbocycles. The van der Waals surface area contributed by atoms with Gasteiger partial charge in [-0.05, 0) is 43.4 Å². The molecule has 0 radical (unpaired) electrons. The van der Waals surface area contributed by atoms with Crippen LogP contribution in [-0.4, -0.2) is 57.7 Å². The number of fused-ring (bicyclic) bond motifs is 1. The minimum absolute atomic E-state index is 0.146. The van der Waals surface area contributed by atoms with Gasteiger partial charge in [0.1, 0.15) is 5.82 Å². The van der Waals surface area contributed by atoms with Crippen LogP contribution >= 0.6 is 0 Å². The monoisotopic (exact) mass is 406 g/mol. The van der Waals surface area contributed by atoms with Gasteiger partial charge in [0.25, 0.3) is 12.4 Å². The highest BCUT2D eigenvalue weighted by Gasteiger charge is 2.38. The summed E-state index contributed by atoms with van der Waals surface area (Å²) in [6, 6.07) is 3.69. The molecule has 0 saturated carbocycles. The van der Waals surface area contributed by atoms with Crippen molar-refractivity contribution in [1.82, 2.24) is 25.3 Å². The molecule has 5 heterocycles. The molecule has 2 saturated heterocycles. The fourth-order valence-electron chi connectivity index (χ4n) is 4.48. The van der Waals surface area contributed by atoms with Crippen LogP contribution in [0.3, 0.4) is 0 Å². The minimum Gasteiger partial charge on any atom is -0.503 e. The zero-order valence-corrected chi connectivity index (χ0v) is 16.4. The summed E-state index contributed by atoms with van der Waals surface area (Å²) in [6.07, 6.45) is 8.18. The second-order valence-corrected chi connectivity index (χ2v) is 7.91. The average molecular weight is 406 g/mol. The third kappa shape index (κ3) is 3.21. The van der Waals surface area contributed by atoms with E-state index in [4.69, 9.17) is 9.72 Å². The number of carbonyl (C=O) groups is 1. The number of aromatic nitrogens is 4. The minimum atomic E-state index is -0.223. The molecule has 9 heteroatoms. The van der Waals surface area contributed by atoms with Gasteiger partial charge in [-0.3, -0.25) is 9.78 Å². The summed E-state index contributed by atoms with van der Waals surface area (Å²) in [7, 11) is 0. The van der Waals surface area contributed by atoms with E-state index in [1.54, 1.807) is 12.4 Å². The Kier molecular flexibility index (Phi) is 4.66. The molecule has 5 rings (SSSR count). The van der Waals surface area contributed by atoms with Crippen LogP contribution in [-0.2, 0) is 4.79 Å². The van der Waals surface area contributed by atoms with Crippen LogP contribution in [0.25, 0.3) is 22.3 Å². The highest BCUT2D eigenvalue weighted by Crippen LogP contribution is 2.42. The molecule has 0 bridgehead atoms. The van der Waals surface area contributed by atoms with E-state index >= 15 is 0 Å². The van der Waals surface area contributed by atoms with E-state index in [0.717, 1.165) is 44.6 Å². The Morgan fingerprint density at radius 1 is 1.17 bits per heavy atom. The molecular formula is C21H22N6O3. The van der Waals surface area contributed by atoms with E-state index in [0.29, 0.717) is 28.0 Å². The van der Waals surface area contributed by atoms with Gasteiger partial charge in [-0.2, -0.15) is 0 Å². The number of carbonyl (C=O) groups excluding carboxylic acids is 1. The molecule has 2 N–H and O–H groups in total. The van der Waals surface area contributed by atoms with Gasteiger partial charge in [0.2, 0.25) is 0 Å². The molecule has 0 aliphatic carbocycles. The predicted molar refractivity (Wildman–Crippen MR) is 110 cm³/mol. The Balaban J connectivity index is 1.61. The second-order valence-electron chi connectivity index (χ2n) is 7.91. The van der Waals surface area contributed by atoms with Crippen LogP contribution in [0.15, 0.2) is 30.7 Å². The zero-order valence-electron chi connectivity index (χ0n) is 16.4. The van der Waals surface area contributed by atoms with Gasteiger partial charge < -0.3 is 20.1 Å². The van der Waals surface area contributed by atoms with Crippen molar-refractivity contribution in [3.63, 3.8) is 0 Å². The maximum Gasteiger partial charge on any atom is 0.299 e. The maximum atomic E-state index is 10.8. The van der Waals surface area contributed by atoms with Crippen molar-refractivity contribution in [2.24, 2.45) is 5.41 Å². The van der Waals surface area contributed by atoms with Crippen molar-refractivity contribution < 1.29 is 14.6 Å². The van der Waals surface area contributed by atoms with E-state index < -0.39 is 0 Å². The topological polar surface area (TPSA) is 113 Å². The number of rotatable bonds is 4. The molecule has 0 amide bonds. The molecule has 1 spiro atoms. The number of nitrogens with zero attached hydrogens (tertiary/aromatic N) is 5. The lowest BCUT2D eigenvalue weighted by Crippen LogP contribution is -2.41. The van der Waals surface area contributed by atoms with Gasteiger partial charge in [0, 0.05) is 37.6 Å². The molecule has 3 aromatic heterocycles. The number of pyridine rings is 2.